The van der Waals surface area contributed by atoms with Crippen molar-refractivity contribution < 1.29 is 23.8 Å². The Balaban J connectivity index is 1.45. The van der Waals surface area contributed by atoms with Crippen LogP contribution >= 0.6 is 0 Å². The third-order valence-electron chi connectivity index (χ3n) is 7.04. The summed E-state index contributed by atoms with van der Waals surface area (Å²) in [4.78, 5) is 31.4. The Morgan fingerprint density at radius 3 is 2.54 bits per heavy atom. The predicted molar refractivity (Wildman–Crippen MR) is 138 cm³/mol. The number of aromatic nitrogens is 3. The van der Waals surface area contributed by atoms with Crippen molar-refractivity contribution in [3.8, 4) is 22.6 Å². The first-order valence-corrected chi connectivity index (χ1v) is 12.5. The quantitative estimate of drug-likeness (QED) is 0.354. The van der Waals surface area contributed by atoms with E-state index in [2.05, 4.69) is 17.0 Å². The van der Waals surface area contributed by atoms with E-state index in [1.54, 1.807) is 17.8 Å². The third-order valence-corrected chi connectivity index (χ3v) is 7.04. The zero-order valence-electron chi connectivity index (χ0n) is 21.0. The number of anilines is 1. The van der Waals surface area contributed by atoms with Crippen molar-refractivity contribution in [2.24, 2.45) is 11.8 Å². The van der Waals surface area contributed by atoms with Gasteiger partial charge in [0.05, 0.1) is 18.8 Å². The van der Waals surface area contributed by atoms with Gasteiger partial charge in [0.15, 0.2) is 5.65 Å². The number of carboxylic acids is 1. The van der Waals surface area contributed by atoms with Gasteiger partial charge in [-0.25, -0.2) is 14.3 Å². The first kappa shape index (κ1) is 24.7. The minimum Gasteiger partial charge on any atom is -0.477 e. The summed E-state index contributed by atoms with van der Waals surface area (Å²) in [6.07, 6.45) is 7.10. The van der Waals surface area contributed by atoms with Crippen molar-refractivity contribution in [3.05, 3.63) is 60.4 Å². The van der Waals surface area contributed by atoms with Gasteiger partial charge in [0, 0.05) is 48.7 Å². The zero-order valence-corrected chi connectivity index (χ0v) is 21.0. The number of aromatic carboxylic acids is 1. The largest absolute Gasteiger partial charge is 0.477 e. The van der Waals surface area contributed by atoms with E-state index in [-0.39, 0.29) is 36.4 Å². The average Bonchev–Trinajstić information content (AvgIpc) is 3.55. The Morgan fingerprint density at radius 2 is 1.86 bits per heavy atom. The molecular weight excluding hydrogens is 472 g/mol. The van der Waals surface area contributed by atoms with Crippen LogP contribution in [-0.4, -0.2) is 51.8 Å². The Labute approximate surface area is 214 Å². The van der Waals surface area contributed by atoms with Gasteiger partial charge in [0.1, 0.15) is 11.3 Å². The number of hydrogen-bond donors (Lipinski definition) is 1. The highest BCUT2D eigenvalue weighted by Crippen LogP contribution is 2.36. The molecule has 1 aliphatic rings. The van der Waals surface area contributed by atoms with Crippen LogP contribution in [0.3, 0.4) is 0 Å². The molecule has 1 aliphatic carbocycles. The van der Waals surface area contributed by atoms with Gasteiger partial charge in [0.2, 0.25) is 11.8 Å². The molecule has 1 fully saturated rings. The first-order valence-electron chi connectivity index (χ1n) is 12.5. The number of ether oxygens (including phenoxy) is 1. The van der Waals surface area contributed by atoms with Crippen molar-refractivity contribution in [2.75, 3.05) is 25.2 Å². The number of hydrogen-bond acceptors (Lipinski definition) is 6. The van der Waals surface area contributed by atoms with Gasteiger partial charge in [-0.2, -0.15) is 5.10 Å². The number of carboxylic acid groups (broad SMARTS) is 1. The summed E-state index contributed by atoms with van der Waals surface area (Å²) in [6.45, 7) is 2.68. The van der Waals surface area contributed by atoms with Crippen molar-refractivity contribution in [3.63, 3.8) is 0 Å². The highest BCUT2D eigenvalue weighted by atomic mass is 16.5. The molecule has 0 aliphatic heterocycles. The lowest BCUT2D eigenvalue weighted by Crippen LogP contribution is -2.40. The molecule has 9 heteroatoms. The fourth-order valence-electron chi connectivity index (χ4n) is 4.88. The van der Waals surface area contributed by atoms with E-state index in [1.165, 1.54) is 11.0 Å². The summed E-state index contributed by atoms with van der Waals surface area (Å²) in [5, 5.41) is 14.5. The van der Waals surface area contributed by atoms with Crippen LogP contribution in [0.25, 0.3) is 28.2 Å². The van der Waals surface area contributed by atoms with Gasteiger partial charge in [-0.15, -0.1) is 0 Å². The van der Waals surface area contributed by atoms with Crippen LogP contribution in [0.2, 0.25) is 0 Å². The normalized spacial score (nSPS) is 17.7. The Morgan fingerprint density at radius 1 is 1.14 bits per heavy atom. The molecule has 0 spiro atoms. The maximum Gasteiger partial charge on any atom is 0.341 e. The van der Waals surface area contributed by atoms with Crippen LogP contribution in [0.1, 0.15) is 43.0 Å². The molecular formula is C28H30N4O5. The fourth-order valence-corrected chi connectivity index (χ4v) is 4.88. The second kappa shape index (κ2) is 10.6. The van der Waals surface area contributed by atoms with Gasteiger partial charge < -0.3 is 14.3 Å². The monoisotopic (exact) mass is 502 g/mol. The van der Waals surface area contributed by atoms with Gasteiger partial charge in [-0.05, 0) is 37.7 Å². The summed E-state index contributed by atoms with van der Waals surface area (Å²) in [5.41, 5.74) is 3.07. The summed E-state index contributed by atoms with van der Waals surface area (Å²) >= 11 is 0. The molecule has 0 bridgehead atoms. The third kappa shape index (κ3) is 5.13. The molecule has 5 rings (SSSR count). The van der Waals surface area contributed by atoms with Gasteiger partial charge in [-0.3, -0.25) is 9.69 Å². The molecule has 37 heavy (non-hydrogen) atoms. The number of nitrogens with zero attached hydrogens (tertiary/aromatic N) is 4. The van der Waals surface area contributed by atoms with Crippen LogP contribution in [0.5, 0.6) is 0 Å². The average molecular weight is 503 g/mol. The number of benzene rings is 1. The Kier molecular flexibility index (Phi) is 7.05. The van der Waals surface area contributed by atoms with Crippen molar-refractivity contribution >= 4 is 23.4 Å². The molecule has 3 aromatic heterocycles. The number of carbonyl (C=O) groups is 2. The molecule has 0 radical (unpaired) electrons. The minimum absolute atomic E-state index is 0.0425. The molecule has 1 N–H and O–H groups in total. The lowest BCUT2D eigenvalue weighted by Gasteiger charge is -2.30. The zero-order chi connectivity index (χ0) is 25.9. The topological polar surface area (TPSA) is 110 Å². The molecule has 9 nitrogen and oxygen atoms in total. The summed E-state index contributed by atoms with van der Waals surface area (Å²) in [7, 11) is 1.55. The highest BCUT2D eigenvalue weighted by Gasteiger charge is 2.33. The number of furan rings is 1. The number of amides is 1. The van der Waals surface area contributed by atoms with Gasteiger partial charge >= 0.3 is 5.97 Å². The molecule has 1 aromatic carbocycles. The summed E-state index contributed by atoms with van der Waals surface area (Å²) < 4.78 is 13.0. The molecule has 4 aromatic rings. The number of carbonyl (C=O) groups excluding carboxylic acids is 1. The predicted octanol–water partition coefficient (Wildman–Crippen LogP) is 5.16. The molecule has 0 saturated heterocycles. The SMILES string of the molecule is COCCN(c1oc(-c2ccc(-c3cc4ncccn4n3)cc2)cc1C(=O)O)C(=O)[C@H]1CC[C@H](C)CC1. The molecule has 3 heterocycles. The maximum absolute atomic E-state index is 13.5. The second-order valence-corrected chi connectivity index (χ2v) is 9.60. The number of rotatable bonds is 8. The van der Waals surface area contributed by atoms with Crippen LogP contribution in [0.4, 0.5) is 5.88 Å². The first-order chi connectivity index (χ1) is 17.9. The second-order valence-electron chi connectivity index (χ2n) is 9.60. The lowest BCUT2D eigenvalue weighted by atomic mass is 9.82. The van der Waals surface area contributed by atoms with Crippen LogP contribution < -0.4 is 4.90 Å². The Bertz CT molecular complexity index is 1370. The van der Waals surface area contributed by atoms with Crippen molar-refractivity contribution in [1.29, 1.82) is 0 Å². The standard InChI is InChI=1S/C28H30N4O5/c1-18-4-6-21(7-5-18)26(33)31(14-15-36-2)27-22(28(34)35)16-24(37-27)20-10-8-19(9-11-20)23-17-25-29-12-3-13-32(25)30-23/h3,8-13,16-18,21H,4-7,14-15H2,1-2H3,(H,34,35)/t18-,21-. The molecule has 0 unspecified atom stereocenters. The summed E-state index contributed by atoms with van der Waals surface area (Å²) in [5.74, 6) is -0.375. The van der Waals surface area contributed by atoms with E-state index in [1.807, 2.05) is 42.6 Å². The Hall–Kier alpha value is -3.98. The van der Waals surface area contributed by atoms with Crippen molar-refractivity contribution in [2.45, 2.75) is 32.6 Å². The van der Waals surface area contributed by atoms with Crippen LogP contribution in [-0.2, 0) is 9.53 Å². The van der Waals surface area contributed by atoms with E-state index < -0.39 is 5.97 Å². The van der Waals surface area contributed by atoms with Crippen molar-refractivity contribution in [1.82, 2.24) is 14.6 Å². The molecule has 192 valence electrons. The molecule has 1 saturated carbocycles. The number of methoxy groups -OCH3 is 1. The van der Waals surface area contributed by atoms with E-state index in [0.29, 0.717) is 17.2 Å². The van der Waals surface area contributed by atoms with Crippen LogP contribution in [0, 0.1) is 11.8 Å². The molecule has 0 atom stereocenters. The van der Waals surface area contributed by atoms with Crippen LogP contribution in [0.15, 0.2) is 59.3 Å². The maximum atomic E-state index is 13.5. The molecule has 1 amide bonds. The smallest absolute Gasteiger partial charge is 0.341 e. The fraction of sp³-hybridized carbons (Fsp3) is 0.357. The lowest BCUT2D eigenvalue weighted by molar-refractivity contribution is -0.123. The number of fused-ring (bicyclic) bond motifs is 1. The van der Waals surface area contributed by atoms with Gasteiger partial charge in [0.25, 0.3) is 0 Å². The highest BCUT2D eigenvalue weighted by molar-refractivity contribution is 6.02. The van der Waals surface area contributed by atoms with E-state index in [9.17, 15) is 14.7 Å². The van der Waals surface area contributed by atoms with E-state index in [4.69, 9.17) is 9.15 Å². The van der Waals surface area contributed by atoms with Gasteiger partial charge in [-0.1, -0.05) is 31.2 Å². The minimum atomic E-state index is -1.15. The van der Waals surface area contributed by atoms with E-state index >= 15 is 0 Å². The van der Waals surface area contributed by atoms with E-state index in [0.717, 1.165) is 42.6 Å². The summed E-state index contributed by atoms with van der Waals surface area (Å²) in [6, 6.07) is 12.7.